The highest BCUT2D eigenvalue weighted by Gasteiger charge is 2.56. The molecular weight excluding hydrogens is 466 g/mol. The van der Waals surface area contributed by atoms with E-state index in [9.17, 15) is 32.3 Å². The van der Waals surface area contributed by atoms with E-state index in [4.69, 9.17) is 0 Å². The van der Waals surface area contributed by atoms with Crippen LogP contribution in [-0.4, -0.2) is 50.3 Å². The molecular formula is C25H29F4N3O3. The lowest BCUT2D eigenvalue weighted by atomic mass is 9.65. The van der Waals surface area contributed by atoms with Crippen LogP contribution < -0.4 is 5.56 Å². The van der Waals surface area contributed by atoms with Gasteiger partial charge < -0.3 is 10.0 Å². The number of alkyl halides is 3. The molecule has 1 aliphatic heterocycles. The van der Waals surface area contributed by atoms with Gasteiger partial charge in [-0.3, -0.25) is 14.2 Å². The minimum atomic E-state index is -4.43. The molecule has 190 valence electrons. The maximum Gasteiger partial charge on any atom is 0.389 e. The Hall–Kier alpha value is -2.75. The number of amides is 1. The lowest BCUT2D eigenvalue weighted by Gasteiger charge is -2.52. The first kappa shape index (κ1) is 25.3. The summed E-state index contributed by atoms with van der Waals surface area (Å²) in [5.74, 6) is -2.27. The second-order valence-electron chi connectivity index (χ2n) is 9.97. The Labute approximate surface area is 200 Å². The number of aliphatic hydroxyl groups is 1. The van der Waals surface area contributed by atoms with Gasteiger partial charge in [0.2, 0.25) is 5.91 Å². The summed E-state index contributed by atoms with van der Waals surface area (Å²) < 4.78 is 53.9. The molecule has 1 aromatic heterocycles. The summed E-state index contributed by atoms with van der Waals surface area (Å²) in [7, 11) is 0. The summed E-state index contributed by atoms with van der Waals surface area (Å²) >= 11 is 0. The number of carbonyl (C=O) groups is 1. The van der Waals surface area contributed by atoms with Crippen LogP contribution in [-0.2, 0) is 11.3 Å². The van der Waals surface area contributed by atoms with Crippen molar-refractivity contribution in [2.24, 2.45) is 11.3 Å². The Morgan fingerprint density at radius 2 is 1.89 bits per heavy atom. The van der Waals surface area contributed by atoms with Gasteiger partial charge in [-0.05, 0) is 31.4 Å². The molecule has 0 bridgehead atoms. The quantitative estimate of drug-likeness (QED) is 0.632. The van der Waals surface area contributed by atoms with Crippen molar-refractivity contribution < 1.29 is 27.5 Å². The number of piperidine rings is 1. The summed E-state index contributed by atoms with van der Waals surface area (Å²) in [5.41, 5.74) is -2.12. The SMILES string of the molecule is CC(CC(F)(F)F)C(=O)N1CC[C@@](O)(Cn2cnc(-c3ccccc3F)cc2=O)C2(CCCC2)C1. The molecule has 4 rings (SSSR count). The van der Waals surface area contributed by atoms with E-state index >= 15 is 0 Å². The zero-order valence-electron chi connectivity index (χ0n) is 19.5. The molecule has 1 aliphatic carbocycles. The van der Waals surface area contributed by atoms with Crippen molar-refractivity contribution in [1.82, 2.24) is 14.5 Å². The van der Waals surface area contributed by atoms with Crippen molar-refractivity contribution >= 4 is 5.91 Å². The van der Waals surface area contributed by atoms with Crippen molar-refractivity contribution in [3.8, 4) is 11.3 Å². The van der Waals surface area contributed by atoms with Crippen LogP contribution in [0.1, 0.15) is 45.4 Å². The van der Waals surface area contributed by atoms with Gasteiger partial charge in [0.05, 0.1) is 30.6 Å². The lowest BCUT2D eigenvalue weighted by Crippen LogP contribution is -2.62. The number of likely N-dealkylation sites (tertiary alicyclic amines) is 1. The summed E-state index contributed by atoms with van der Waals surface area (Å²) in [4.78, 5) is 31.3. The van der Waals surface area contributed by atoms with Gasteiger partial charge in [-0.1, -0.05) is 31.9 Å². The first-order valence-electron chi connectivity index (χ1n) is 11.8. The predicted molar refractivity (Wildman–Crippen MR) is 121 cm³/mol. The van der Waals surface area contributed by atoms with Crippen molar-refractivity contribution in [2.75, 3.05) is 13.1 Å². The Bertz CT molecular complexity index is 1140. The van der Waals surface area contributed by atoms with Gasteiger partial charge in [-0.15, -0.1) is 0 Å². The number of hydrogen-bond donors (Lipinski definition) is 1. The van der Waals surface area contributed by atoms with E-state index in [1.807, 2.05) is 0 Å². The third-order valence-corrected chi connectivity index (χ3v) is 7.57. The number of hydrogen-bond acceptors (Lipinski definition) is 4. The number of benzene rings is 1. The molecule has 1 unspecified atom stereocenters. The molecule has 10 heteroatoms. The maximum absolute atomic E-state index is 14.1. The zero-order valence-corrected chi connectivity index (χ0v) is 19.5. The standard InChI is InChI=1S/C25H29F4N3O3/c1-17(13-25(27,28)29)22(34)31-11-10-24(35,23(14-31)8-4-5-9-23)15-32-16-30-20(12-21(32)33)18-6-2-3-7-19(18)26/h2-3,6-7,12,16-17,35H,4-5,8-11,13-15H2,1H3/t17?,24-/m1/s1. The van der Waals surface area contributed by atoms with Crippen LogP contribution in [0.5, 0.6) is 0 Å². The molecule has 0 radical (unpaired) electrons. The van der Waals surface area contributed by atoms with Crippen molar-refractivity contribution in [1.29, 1.82) is 0 Å². The molecule has 2 aliphatic rings. The van der Waals surface area contributed by atoms with Gasteiger partial charge in [-0.25, -0.2) is 9.37 Å². The summed E-state index contributed by atoms with van der Waals surface area (Å²) in [6.07, 6.45) is -1.34. The fourth-order valence-corrected chi connectivity index (χ4v) is 5.68. The van der Waals surface area contributed by atoms with Gasteiger partial charge in [0.15, 0.2) is 0 Å². The van der Waals surface area contributed by atoms with Crippen molar-refractivity contribution in [3.05, 3.63) is 52.8 Å². The normalized spacial score (nSPS) is 23.0. The Morgan fingerprint density at radius 3 is 2.51 bits per heavy atom. The van der Waals surface area contributed by atoms with Crippen LogP contribution in [0.15, 0.2) is 41.5 Å². The molecule has 35 heavy (non-hydrogen) atoms. The Kier molecular flexibility index (Phi) is 6.78. The average molecular weight is 496 g/mol. The van der Waals surface area contributed by atoms with Gasteiger partial charge in [0.1, 0.15) is 5.82 Å². The number of aromatic nitrogens is 2. The van der Waals surface area contributed by atoms with E-state index in [-0.39, 0.29) is 37.3 Å². The second kappa shape index (κ2) is 9.37. The molecule has 1 N–H and O–H groups in total. The maximum atomic E-state index is 14.1. The van der Waals surface area contributed by atoms with E-state index in [1.54, 1.807) is 6.07 Å². The molecule has 2 heterocycles. The Balaban J connectivity index is 1.56. The van der Waals surface area contributed by atoms with Gasteiger partial charge >= 0.3 is 6.18 Å². The van der Waals surface area contributed by atoms with E-state index in [0.29, 0.717) is 12.8 Å². The van der Waals surface area contributed by atoms with E-state index < -0.39 is 46.8 Å². The Morgan fingerprint density at radius 1 is 1.20 bits per heavy atom. The number of halogens is 4. The molecule has 1 saturated heterocycles. The highest BCUT2D eigenvalue weighted by atomic mass is 19.4. The highest BCUT2D eigenvalue weighted by molar-refractivity contribution is 5.78. The fraction of sp³-hybridized carbons (Fsp3) is 0.560. The molecule has 1 saturated carbocycles. The van der Waals surface area contributed by atoms with Gasteiger partial charge in [0.25, 0.3) is 5.56 Å². The van der Waals surface area contributed by atoms with Crippen LogP contribution in [0.25, 0.3) is 11.3 Å². The largest absolute Gasteiger partial charge is 0.389 e. The minimum Gasteiger partial charge on any atom is -0.387 e. The number of rotatable bonds is 5. The average Bonchev–Trinajstić information content (AvgIpc) is 3.26. The lowest BCUT2D eigenvalue weighted by molar-refractivity contribution is -0.172. The van der Waals surface area contributed by atoms with Crippen LogP contribution in [0, 0.1) is 17.2 Å². The molecule has 1 aromatic carbocycles. The van der Waals surface area contributed by atoms with Crippen LogP contribution in [0.2, 0.25) is 0 Å². The van der Waals surface area contributed by atoms with E-state index in [2.05, 4.69) is 4.98 Å². The first-order valence-corrected chi connectivity index (χ1v) is 11.8. The molecule has 2 aromatic rings. The monoisotopic (exact) mass is 495 g/mol. The molecule has 6 nitrogen and oxygen atoms in total. The summed E-state index contributed by atoms with van der Waals surface area (Å²) in [6, 6.07) is 7.20. The molecule has 1 spiro atoms. The fourth-order valence-electron chi connectivity index (χ4n) is 5.68. The minimum absolute atomic E-state index is 0.0590. The van der Waals surface area contributed by atoms with E-state index in [0.717, 1.165) is 12.8 Å². The molecule has 2 atom stereocenters. The first-order chi connectivity index (χ1) is 16.4. The second-order valence-corrected chi connectivity index (χ2v) is 9.97. The predicted octanol–water partition coefficient (Wildman–Crippen LogP) is 4.16. The third-order valence-electron chi connectivity index (χ3n) is 7.57. The summed E-state index contributed by atoms with van der Waals surface area (Å²) in [5, 5.41) is 11.8. The summed E-state index contributed by atoms with van der Waals surface area (Å²) in [6.45, 7) is 1.48. The molecule has 1 amide bonds. The zero-order chi connectivity index (χ0) is 25.4. The van der Waals surface area contributed by atoms with Crippen molar-refractivity contribution in [2.45, 2.75) is 63.8 Å². The topological polar surface area (TPSA) is 75.4 Å². The third kappa shape index (κ3) is 5.12. The van der Waals surface area contributed by atoms with Gasteiger partial charge in [-0.2, -0.15) is 13.2 Å². The highest BCUT2D eigenvalue weighted by Crippen LogP contribution is 2.51. The molecule has 2 fully saturated rings. The van der Waals surface area contributed by atoms with E-state index in [1.165, 1.54) is 47.0 Å². The number of carbonyl (C=O) groups excluding carboxylic acids is 1. The smallest absolute Gasteiger partial charge is 0.387 e. The number of nitrogens with zero attached hydrogens (tertiary/aromatic N) is 3. The van der Waals surface area contributed by atoms with Crippen LogP contribution in [0.4, 0.5) is 17.6 Å². The van der Waals surface area contributed by atoms with Crippen LogP contribution in [0.3, 0.4) is 0 Å². The van der Waals surface area contributed by atoms with Crippen LogP contribution >= 0.6 is 0 Å². The van der Waals surface area contributed by atoms with Crippen molar-refractivity contribution in [3.63, 3.8) is 0 Å². The van der Waals surface area contributed by atoms with Gasteiger partial charge in [0, 0.05) is 36.1 Å².